The van der Waals surface area contributed by atoms with Gasteiger partial charge in [0.15, 0.2) is 5.58 Å². The van der Waals surface area contributed by atoms with Crippen molar-refractivity contribution >= 4 is 60.7 Å². The highest BCUT2D eigenvalue weighted by molar-refractivity contribution is 6.21. The molecule has 6 heteroatoms. The number of aromatic nitrogens is 2. The Hall–Kier alpha value is -7.28. The van der Waals surface area contributed by atoms with E-state index in [1.165, 1.54) is 16.8 Å². The van der Waals surface area contributed by atoms with E-state index >= 15 is 0 Å². The monoisotopic (exact) mass is 734 g/mol. The van der Waals surface area contributed by atoms with Crippen molar-refractivity contribution < 1.29 is 9.15 Å². The first-order valence-corrected chi connectivity index (χ1v) is 19.7. The molecule has 3 aliphatic rings. The number of furan rings is 1. The van der Waals surface area contributed by atoms with Crippen LogP contribution in [0.25, 0.3) is 83.2 Å². The molecule has 9 aromatic rings. The topological polar surface area (TPSA) is 79.8 Å². The molecule has 270 valence electrons. The molecule has 6 nitrogen and oxygen atoms in total. The van der Waals surface area contributed by atoms with Gasteiger partial charge >= 0.3 is 0 Å². The minimum absolute atomic E-state index is 0.143. The third-order valence-corrected chi connectivity index (χ3v) is 12.5. The van der Waals surface area contributed by atoms with Gasteiger partial charge in [0.1, 0.15) is 17.4 Å². The molecule has 1 aliphatic heterocycles. The second kappa shape index (κ2) is 11.9. The molecule has 0 saturated heterocycles. The summed E-state index contributed by atoms with van der Waals surface area (Å²) in [4.78, 5) is 0. The molecular weight excluding hydrogens is 701 g/mol. The molecule has 2 unspecified atom stereocenters. The smallest absolute Gasteiger partial charge is 0.160 e. The lowest BCUT2D eigenvalue weighted by molar-refractivity contribution is 0.190. The minimum atomic E-state index is 0.143. The number of fused-ring (bicyclic) bond motifs is 14. The van der Waals surface area contributed by atoms with Gasteiger partial charge in [-0.15, -0.1) is 0 Å². The number of nitrogens with zero attached hydrogens (tertiary/aromatic N) is 4. The molecule has 0 spiro atoms. The fourth-order valence-corrected chi connectivity index (χ4v) is 10.0. The van der Waals surface area contributed by atoms with Crippen LogP contribution in [0.5, 0.6) is 5.75 Å². The normalized spacial score (nSPS) is 18.2. The summed E-state index contributed by atoms with van der Waals surface area (Å²) in [5, 5.41) is 26.4. The van der Waals surface area contributed by atoms with Gasteiger partial charge in [0, 0.05) is 61.0 Å². The number of benzene rings is 6. The Balaban J connectivity index is 1.08. The Bertz CT molecular complexity index is 3370. The van der Waals surface area contributed by atoms with Crippen molar-refractivity contribution in [3.63, 3.8) is 0 Å². The molecule has 0 amide bonds. The van der Waals surface area contributed by atoms with Crippen molar-refractivity contribution in [2.24, 2.45) is 5.92 Å². The summed E-state index contributed by atoms with van der Waals surface area (Å²) >= 11 is 0. The molecule has 3 aromatic heterocycles. The molecule has 0 N–H and O–H groups in total. The van der Waals surface area contributed by atoms with Crippen LogP contribution in [0.15, 0.2) is 132 Å². The van der Waals surface area contributed by atoms with E-state index in [-0.39, 0.29) is 12.0 Å². The van der Waals surface area contributed by atoms with Gasteiger partial charge in [-0.25, -0.2) is 0 Å². The number of hydrogen-bond acceptors (Lipinski definition) is 4. The van der Waals surface area contributed by atoms with Crippen molar-refractivity contribution in [1.82, 2.24) is 9.13 Å². The lowest BCUT2D eigenvalue weighted by Gasteiger charge is -2.23. The SMILES string of the molecule is C[C@@H]1C=CC2c3ccc4c(c5c(n4-c4cc(C#N)cc(-c6cc(C#N)cc(-n7c8ccccc8c8ccc9c%10ccccc%10oc9c87)c6)c4)CCC=C5)c3OC2C1. The maximum atomic E-state index is 10.5. The van der Waals surface area contributed by atoms with Crippen LogP contribution in [0.3, 0.4) is 0 Å². The van der Waals surface area contributed by atoms with E-state index in [1.54, 1.807) is 0 Å². The van der Waals surface area contributed by atoms with Crippen LogP contribution in [0.4, 0.5) is 0 Å². The molecule has 0 radical (unpaired) electrons. The first-order valence-electron chi connectivity index (χ1n) is 19.7. The highest BCUT2D eigenvalue weighted by Gasteiger charge is 2.38. The summed E-state index contributed by atoms with van der Waals surface area (Å²) in [5.74, 6) is 1.75. The average Bonchev–Trinajstić information content (AvgIpc) is 4.00. The van der Waals surface area contributed by atoms with Gasteiger partial charge in [-0.3, -0.25) is 0 Å². The Morgan fingerprint density at radius 1 is 0.702 bits per heavy atom. The van der Waals surface area contributed by atoms with Crippen LogP contribution in [-0.2, 0) is 6.42 Å². The van der Waals surface area contributed by atoms with E-state index in [9.17, 15) is 10.5 Å². The molecule has 57 heavy (non-hydrogen) atoms. The van der Waals surface area contributed by atoms with E-state index in [2.05, 4.69) is 113 Å². The van der Waals surface area contributed by atoms with Crippen LogP contribution >= 0.6 is 0 Å². The molecule has 0 saturated carbocycles. The Morgan fingerprint density at radius 2 is 1.44 bits per heavy atom. The summed E-state index contributed by atoms with van der Waals surface area (Å²) in [6, 6.07) is 42.3. The second-order valence-electron chi connectivity index (χ2n) is 15.8. The van der Waals surface area contributed by atoms with Crippen LogP contribution in [-0.4, -0.2) is 15.2 Å². The van der Waals surface area contributed by atoms with E-state index in [1.807, 2.05) is 48.5 Å². The standard InChI is InChI=1S/C51H34N4O2/c1-29-14-15-38-40-18-19-45-48(50(40)57-47(38)20-29)42-10-3-6-12-44(42)54(45)34-23-30(27-52)21-32(25-34)33-22-31(28-53)24-35(26-33)55-43-11-5-2-8-36(43)39-16-17-41-37-9-4-7-13-46(37)56-51(41)49(39)55/h2-5,7-11,13-19,21-26,29,38,47H,6,12,20H2,1H3/t29-,38?,47?/m1/s1. The van der Waals surface area contributed by atoms with Crippen molar-refractivity contribution in [2.75, 3.05) is 0 Å². The highest BCUT2D eigenvalue weighted by Crippen LogP contribution is 2.51. The number of allylic oxidation sites excluding steroid dienone is 2. The number of nitriles is 2. The summed E-state index contributed by atoms with van der Waals surface area (Å²) in [6.45, 7) is 2.26. The lowest BCUT2D eigenvalue weighted by atomic mass is 9.84. The maximum absolute atomic E-state index is 10.5. The molecule has 0 bridgehead atoms. The van der Waals surface area contributed by atoms with Gasteiger partial charge < -0.3 is 18.3 Å². The van der Waals surface area contributed by atoms with Crippen molar-refractivity contribution in [2.45, 2.75) is 38.2 Å². The van der Waals surface area contributed by atoms with Crippen molar-refractivity contribution in [1.29, 1.82) is 10.5 Å². The molecule has 4 heterocycles. The van der Waals surface area contributed by atoms with Gasteiger partial charge in [-0.2, -0.15) is 10.5 Å². The minimum Gasteiger partial charge on any atom is -0.488 e. The summed E-state index contributed by atoms with van der Waals surface area (Å²) < 4.78 is 18.0. The fraction of sp³-hybridized carbons (Fsp3) is 0.137. The van der Waals surface area contributed by atoms with E-state index in [0.29, 0.717) is 17.0 Å². The van der Waals surface area contributed by atoms with Crippen LogP contribution in [0.1, 0.15) is 53.6 Å². The Kier molecular flexibility index (Phi) is 6.66. The average molecular weight is 735 g/mol. The summed E-state index contributed by atoms with van der Waals surface area (Å²) in [5.41, 5.74) is 12.9. The molecule has 12 rings (SSSR count). The highest BCUT2D eigenvalue weighted by atomic mass is 16.5. The maximum Gasteiger partial charge on any atom is 0.160 e. The summed E-state index contributed by atoms with van der Waals surface area (Å²) in [6.07, 6.45) is 12.1. The molecular formula is C51H34N4O2. The summed E-state index contributed by atoms with van der Waals surface area (Å²) in [7, 11) is 0. The van der Waals surface area contributed by atoms with Gasteiger partial charge in [-0.05, 0) is 97.0 Å². The zero-order valence-corrected chi connectivity index (χ0v) is 31.2. The van der Waals surface area contributed by atoms with Crippen molar-refractivity contribution in [3.05, 3.63) is 155 Å². The van der Waals surface area contributed by atoms with E-state index in [4.69, 9.17) is 9.15 Å². The quantitative estimate of drug-likeness (QED) is 0.169. The number of para-hydroxylation sites is 2. The molecule has 0 fully saturated rings. The van der Waals surface area contributed by atoms with Crippen LogP contribution in [0.2, 0.25) is 0 Å². The van der Waals surface area contributed by atoms with E-state index < -0.39 is 0 Å². The van der Waals surface area contributed by atoms with Gasteiger partial charge in [0.25, 0.3) is 0 Å². The van der Waals surface area contributed by atoms with Crippen molar-refractivity contribution in [3.8, 4) is 40.4 Å². The second-order valence-corrected chi connectivity index (χ2v) is 15.8. The number of rotatable bonds is 3. The third-order valence-electron chi connectivity index (χ3n) is 12.5. The predicted molar refractivity (Wildman–Crippen MR) is 227 cm³/mol. The zero-order valence-electron chi connectivity index (χ0n) is 31.2. The van der Waals surface area contributed by atoms with Gasteiger partial charge in [0.05, 0.1) is 39.8 Å². The predicted octanol–water partition coefficient (Wildman–Crippen LogP) is 12.4. The fourth-order valence-electron chi connectivity index (χ4n) is 10.0. The number of hydrogen-bond donors (Lipinski definition) is 0. The van der Waals surface area contributed by atoms with E-state index in [0.717, 1.165) is 102 Å². The van der Waals surface area contributed by atoms with Crippen LogP contribution < -0.4 is 4.74 Å². The third kappa shape index (κ3) is 4.56. The largest absolute Gasteiger partial charge is 0.488 e. The first-order chi connectivity index (χ1) is 28.1. The lowest BCUT2D eigenvalue weighted by Crippen LogP contribution is -2.23. The molecule has 6 aromatic carbocycles. The molecule has 2 aliphatic carbocycles. The van der Waals surface area contributed by atoms with Gasteiger partial charge in [-0.1, -0.05) is 79.8 Å². The Morgan fingerprint density at radius 3 is 2.25 bits per heavy atom. The zero-order chi connectivity index (χ0) is 37.9. The Labute approximate surface area is 328 Å². The first kappa shape index (κ1) is 32.0. The van der Waals surface area contributed by atoms with Crippen LogP contribution in [0, 0.1) is 28.6 Å². The van der Waals surface area contributed by atoms with Gasteiger partial charge in [0.2, 0.25) is 0 Å². The number of ether oxygens (including phenoxy) is 1. The molecule has 3 atom stereocenters.